The summed E-state index contributed by atoms with van der Waals surface area (Å²) in [6.07, 6.45) is 4.22. The molecular weight excluding hydrogens is 1730 g/mol. The van der Waals surface area contributed by atoms with E-state index < -0.39 is 0 Å². The molecule has 0 radical (unpaired) electrons. The summed E-state index contributed by atoms with van der Waals surface area (Å²) in [7, 11) is 0. The second kappa shape index (κ2) is 64.4. The van der Waals surface area contributed by atoms with Crippen molar-refractivity contribution >= 4 is 11.8 Å². The molecule has 0 bridgehead atoms. The van der Waals surface area contributed by atoms with E-state index in [1.165, 1.54) is 111 Å². The molecule has 7 fully saturated rings. The van der Waals surface area contributed by atoms with Gasteiger partial charge in [0.05, 0.1) is 92.1 Å². The Morgan fingerprint density at radius 1 is 0.261 bits per heavy atom. The molecule has 0 unspecified atom stereocenters. The monoisotopic (exact) mass is 1970 g/mol. The molecule has 7 saturated heterocycles. The quantitative estimate of drug-likeness (QED) is 0.0396. The Balaban J connectivity index is 0.000000806. The highest BCUT2D eigenvalue weighted by molar-refractivity contribution is 5.78. The second-order valence-electron chi connectivity index (χ2n) is 54.7. The van der Waals surface area contributed by atoms with Crippen molar-refractivity contribution in [2.75, 3.05) is 315 Å². The molecular formula is C111H236N18O9. The zero-order valence-electron chi connectivity index (χ0n) is 99.3. The van der Waals surface area contributed by atoms with Crippen LogP contribution in [0, 0.1) is 16.7 Å². The number of nitrogens with zero attached hydrogens (tertiary/aromatic N) is 13. The minimum Gasteiger partial charge on any atom is -0.375 e. The van der Waals surface area contributed by atoms with Gasteiger partial charge >= 0.3 is 0 Å². The summed E-state index contributed by atoms with van der Waals surface area (Å²) in [5.74, 6) is 1.28. The van der Waals surface area contributed by atoms with E-state index in [0.717, 1.165) is 222 Å². The summed E-state index contributed by atoms with van der Waals surface area (Å²) in [6.45, 7) is 141. The Labute approximate surface area is 855 Å². The fraction of sp³-hybridized carbons (Fsp3) is 0.982. The summed E-state index contributed by atoms with van der Waals surface area (Å²) in [5, 5.41) is 17.3. The highest BCUT2D eigenvalue weighted by atomic mass is 16.5. The number of nitrogens with one attached hydrogen (secondary N) is 5. The maximum atomic E-state index is 12.2. The number of amides is 2. The third-order valence-electron chi connectivity index (χ3n) is 24.4. The number of hydrogen-bond acceptors (Lipinski definition) is 25. The maximum absolute atomic E-state index is 12.2. The molecule has 27 nitrogen and oxygen atoms in total. The van der Waals surface area contributed by atoms with E-state index >= 15 is 0 Å². The Bertz CT molecular complexity index is 2770. The van der Waals surface area contributed by atoms with Crippen molar-refractivity contribution in [2.45, 2.75) is 383 Å². The highest BCUT2D eigenvalue weighted by Gasteiger charge is 2.31. The molecule has 0 aromatic carbocycles. The van der Waals surface area contributed by atoms with Crippen molar-refractivity contribution in [3.8, 4) is 0 Å². The van der Waals surface area contributed by atoms with Gasteiger partial charge in [-0.2, -0.15) is 0 Å². The Kier molecular flexibility index (Phi) is 62.6. The molecule has 2 amide bonds. The van der Waals surface area contributed by atoms with Crippen molar-refractivity contribution in [3.63, 3.8) is 0 Å². The van der Waals surface area contributed by atoms with Gasteiger partial charge in [-0.25, -0.2) is 0 Å². The summed E-state index contributed by atoms with van der Waals surface area (Å²) in [4.78, 5) is 55.9. The molecule has 0 aromatic rings. The summed E-state index contributed by atoms with van der Waals surface area (Å²) in [6, 6.07) is 0. The highest BCUT2D eigenvalue weighted by Crippen LogP contribution is 2.24. The third-order valence-corrected chi connectivity index (χ3v) is 24.4. The van der Waals surface area contributed by atoms with E-state index in [4.69, 9.17) is 33.2 Å². The predicted octanol–water partition coefficient (Wildman–Crippen LogP) is 14.9. The van der Waals surface area contributed by atoms with Crippen LogP contribution in [0.2, 0.25) is 0 Å². The molecule has 0 atom stereocenters. The molecule has 5 N–H and O–H groups in total. The van der Waals surface area contributed by atoms with Crippen molar-refractivity contribution in [2.24, 2.45) is 16.7 Å². The van der Waals surface area contributed by atoms with E-state index in [1.807, 2.05) is 4.90 Å². The summed E-state index contributed by atoms with van der Waals surface area (Å²) >= 11 is 0. The Morgan fingerprint density at radius 2 is 0.500 bits per heavy atom. The van der Waals surface area contributed by atoms with Gasteiger partial charge in [0.25, 0.3) is 0 Å². The van der Waals surface area contributed by atoms with Crippen LogP contribution >= 0.6 is 0 Å². The number of rotatable bonds is 36. The van der Waals surface area contributed by atoms with Crippen LogP contribution in [0.3, 0.4) is 0 Å². The van der Waals surface area contributed by atoms with Gasteiger partial charge in [-0.15, -0.1) is 0 Å². The molecule has 27 heteroatoms. The van der Waals surface area contributed by atoms with Crippen molar-refractivity contribution in [1.82, 2.24) is 90.3 Å². The topological polar surface area (TPSA) is 201 Å². The first kappa shape index (κ1) is 134. The van der Waals surface area contributed by atoms with Crippen LogP contribution in [0.4, 0.5) is 0 Å². The third kappa shape index (κ3) is 83.0. The van der Waals surface area contributed by atoms with E-state index in [-0.39, 0.29) is 78.1 Å². The Hall–Kier alpha value is -1.98. The van der Waals surface area contributed by atoms with Crippen molar-refractivity contribution in [1.29, 1.82) is 0 Å². The van der Waals surface area contributed by atoms with Crippen LogP contribution in [0.15, 0.2) is 0 Å². The van der Waals surface area contributed by atoms with E-state index in [0.29, 0.717) is 24.4 Å². The van der Waals surface area contributed by atoms with Crippen molar-refractivity contribution < 1.29 is 42.7 Å². The number of piperazine rings is 6. The number of hydrogen-bond donors (Lipinski definition) is 5. The fourth-order valence-electron chi connectivity index (χ4n) is 15.7. The number of ether oxygens (including phenoxy) is 7. The molecule has 0 saturated carbocycles. The maximum Gasteiger partial charge on any atom is 0.234 e. The predicted molar refractivity (Wildman–Crippen MR) is 589 cm³/mol. The van der Waals surface area contributed by atoms with Crippen LogP contribution in [0.5, 0.6) is 0 Å². The number of carbonyl (C=O) groups excluding carboxylic acids is 2. The molecule has 0 aromatic heterocycles. The van der Waals surface area contributed by atoms with Gasteiger partial charge in [0.1, 0.15) is 0 Å². The lowest BCUT2D eigenvalue weighted by atomic mass is 9.90. The zero-order valence-corrected chi connectivity index (χ0v) is 99.3. The van der Waals surface area contributed by atoms with E-state index in [1.54, 1.807) is 0 Å². The van der Waals surface area contributed by atoms with Crippen LogP contribution in [0.25, 0.3) is 0 Å². The van der Waals surface area contributed by atoms with Crippen LogP contribution < -0.4 is 26.6 Å². The molecule has 7 heterocycles. The normalized spacial score (nSPS) is 19.4. The second-order valence-corrected chi connectivity index (χ2v) is 54.7. The van der Waals surface area contributed by atoms with Gasteiger partial charge in [0, 0.05) is 289 Å². The van der Waals surface area contributed by atoms with Gasteiger partial charge in [-0.05, 0) is 292 Å². The standard InChI is InChI=1S/C17H35N3O2.C17H34N2O2.2C16H35N3O.C16H34N2O2.C15H32N2O.C14H31N3/c1-16(2,3)14-18-15(21)13-20-9-7-19(8-10-20)11-12-22-17(4,5)6;1-16(2,3)8-7-15(20)19-11-9-18(10-12-19)13-14-21-17(4,5)6;2*1-15(2,3)17-7-8-18-9-11-19(12-10-18)13-14-20-16(4,5)6;1-15(2,3)19-13-11-17-7-9-18(10-8-17)12-14-20-16(4,5)6;1-14(2,3)16-11-13-7-9-17(10-8-13)12-18-15(4,5)6;1-13(2,3)15-7-8-16-9-11-17(12-10-16)14(4,5)6/h7-14H2,1-6H3,(H,18,21);7-14H2,1-6H3;2*17H,7-14H2,1-6H3;7-14H2,1-6H3;13,16H,7-12H2,1-6H3;15H,7-12H2,1-6H3. The lowest BCUT2D eigenvalue weighted by molar-refractivity contribution is -0.133. The molecule has 7 rings (SSSR count). The summed E-state index contributed by atoms with van der Waals surface area (Å²) < 4.78 is 40.5. The molecule has 0 spiro atoms. The van der Waals surface area contributed by atoms with Gasteiger partial charge in [-0.3, -0.25) is 68.4 Å². The lowest BCUT2D eigenvalue weighted by Gasteiger charge is -2.42. The van der Waals surface area contributed by atoms with Crippen molar-refractivity contribution in [3.05, 3.63) is 0 Å². The lowest BCUT2D eigenvalue weighted by Crippen LogP contribution is -2.54. The van der Waals surface area contributed by atoms with Crippen LogP contribution in [0.1, 0.15) is 316 Å². The summed E-state index contributed by atoms with van der Waals surface area (Å²) in [5.41, 5.74) is 1.43. The van der Waals surface area contributed by atoms with Crippen LogP contribution in [-0.2, 0) is 42.7 Å². The molecule has 138 heavy (non-hydrogen) atoms. The number of piperidine rings is 1. The largest absolute Gasteiger partial charge is 0.375 e. The van der Waals surface area contributed by atoms with Gasteiger partial charge in [0.15, 0.2) is 0 Å². The van der Waals surface area contributed by atoms with E-state index in [9.17, 15) is 9.59 Å². The van der Waals surface area contributed by atoms with E-state index in [2.05, 4.69) is 376 Å². The minimum absolute atomic E-state index is 0.0134. The first-order valence-corrected chi connectivity index (χ1v) is 54.7. The minimum atomic E-state index is -0.0647. The average molecular weight is 1970 g/mol. The molecule has 0 aliphatic carbocycles. The first-order valence-electron chi connectivity index (χ1n) is 54.7. The zero-order chi connectivity index (χ0) is 105. The Morgan fingerprint density at radius 3 is 0.732 bits per heavy atom. The fourth-order valence-corrected chi connectivity index (χ4v) is 15.7. The van der Waals surface area contributed by atoms with Gasteiger partial charge in [0.2, 0.25) is 11.8 Å². The first-order chi connectivity index (χ1) is 62.9. The number of likely N-dealkylation sites (tertiary alicyclic amines) is 1. The van der Waals surface area contributed by atoms with Gasteiger partial charge in [-0.1, -0.05) is 41.5 Å². The smallest absolute Gasteiger partial charge is 0.234 e. The number of carbonyl (C=O) groups is 2. The molecule has 824 valence electrons. The SMILES string of the molecule is CC(C)(C)CCC(=O)N1CCN(CCOC(C)(C)C)CC1.CC(C)(C)CNC(=O)CN1CCN(CCOC(C)(C)C)CC1.CC(C)(C)NCC1CCN(COC(C)(C)C)CC1.CC(C)(C)NCCN1CCN(C(C)(C)C)CC1.CC(C)(C)NCCN1CCN(CCOC(C)(C)C)CC1.CC(C)(C)NCCN1CCN(CCOC(C)(C)C)CC1.CC(C)(C)OCCN1CCN(CCOC(C)(C)C)CC1. The molecule has 7 aliphatic heterocycles. The average Bonchev–Trinajstić information content (AvgIpc) is 0.857. The van der Waals surface area contributed by atoms with Crippen LogP contribution in [-0.4, -0.2) is 457 Å². The molecule has 7 aliphatic rings. The van der Waals surface area contributed by atoms with Gasteiger partial charge < -0.3 is 64.6 Å².